The fourth-order valence-corrected chi connectivity index (χ4v) is 3.18. The van der Waals surface area contributed by atoms with Crippen LogP contribution in [0.15, 0.2) is 27.8 Å². The van der Waals surface area contributed by atoms with Crippen LogP contribution in [-0.2, 0) is 11.3 Å². The SMILES string of the molecule is CC(=O)c1cc2c3c(c1)c(=O)n(CCC(=O)O)c(=O)c-3c/c(=C(\C)O)c2=N. The van der Waals surface area contributed by atoms with Crippen molar-refractivity contribution in [3.63, 3.8) is 0 Å². The Balaban J connectivity index is 2.62. The van der Waals surface area contributed by atoms with Crippen LogP contribution in [0.2, 0.25) is 0 Å². The van der Waals surface area contributed by atoms with E-state index in [2.05, 4.69) is 0 Å². The van der Waals surface area contributed by atoms with E-state index in [1.807, 2.05) is 0 Å². The summed E-state index contributed by atoms with van der Waals surface area (Å²) in [6.07, 6.45) is -0.420. The van der Waals surface area contributed by atoms with Crippen LogP contribution < -0.4 is 21.7 Å². The second-order valence-electron chi connectivity index (χ2n) is 6.34. The van der Waals surface area contributed by atoms with Gasteiger partial charge in [-0.05, 0) is 32.0 Å². The summed E-state index contributed by atoms with van der Waals surface area (Å²) in [5.41, 5.74) is -0.905. The van der Waals surface area contributed by atoms with Gasteiger partial charge in [-0.25, -0.2) is 0 Å². The van der Waals surface area contributed by atoms with E-state index in [-0.39, 0.29) is 56.1 Å². The van der Waals surface area contributed by atoms with Crippen molar-refractivity contribution in [1.82, 2.24) is 4.57 Å². The van der Waals surface area contributed by atoms with Gasteiger partial charge in [-0.3, -0.25) is 29.2 Å². The van der Waals surface area contributed by atoms with Crippen molar-refractivity contribution in [1.29, 1.82) is 5.41 Å². The average Bonchev–Trinajstić information content (AvgIpc) is 2.59. The van der Waals surface area contributed by atoms with Crippen LogP contribution in [0.3, 0.4) is 0 Å². The first-order chi connectivity index (χ1) is 12.6. The molecule has 3 N–H and O–H groups in total. The molecule has 1 aliphatic heterocycles. The number of rotatable bonds is 4. The third-order valence-electron chi connectivity index (χ3n) is 4.53. The Morgan fingerprint density at radius 2 is 1.67 bits per heavy atom. The van der Waals surface area contributed by atoms with Crippen LogP contribution in [0, 0.1) is 5.41 Å². The molecule has 138 valence electrons. The number of nitrogens with zero attached hydrogens (tertiary/aromatic N) is 1. The minimum Gasteiger partial charge on any atom is -0.512 e. The van der Waals surface area contributed by atoms with E-state index in [1.165, 1.54) is 32.0 Å². The number of benzene rings is 2. The number of hydrogen-bond donors (Lipinski definition) is 3. The number of aromatic nitrogens is 1. The minimum absolute atomic E-state index is 0.0633. The minimum atomic E-state index is -1.16. The Hall–Kier alpha value is -3.55. The molecule has 8 nitrogen and oxygen atoms in total. The molecule has 0 fully saturated rings. The zero-order valence-electron chi connectivity index (χ0n) is 14.6. The molecule has 1 heterocycles. The van der Waals surface area contributed by atoms with Crippen LogP contribution in [0.5, 0.6) is 0 Å². The van der Waals surface area contributed by atoms with Crippen LogP contribution in [-0.4, -0.2) is 26.5 Å². The summed E-state index contributed by atoms with van der Waals surface area (Å²) in [7, 11) is 0. The average molecular weight is 368 g/mol. The van der Waals surface area contributed by atoms with Gasteiger partial charge in [-0.2, -0.15) is 0 Å². The second kappa shape index (κ2) is 6.31. The normalized spacial score (nSPS) is 12.5. The number of nitrogens with one attached hydrogen (secondary N) is 1. The molecule has 0 aromatic heterocycles. The molecule has 8 heteroatoms. The summed E-state index contributed by atoms with van der Waals surface area (Å²) in [6.45, 7) is 2.35. The van der Waals surface area contributed by atoms with Crippen LogP contribution >= 0.6 is 0 Å². The molecule has 0 saturated carbocycles. The van der Waals surface area contributed by atoms with Gasteiger partial charge >= 0.3 is 5.97 Å². The van der Waals surface area contributed by atoms with Gasteiger partial charge in [-0.15, -0.1) is 0 Å². The topological polar surface area (TPSA) is 138 Å². The van der Waals surface area contributed by atoms with E-state index < -0.39 is 23.5 Å². The number of carboxylic acid groups (broad SMARTS) is 1. The lowest BCUT2D eigenvalue weighted by atomic mass is 9.91. The highest BCUT2D eigenvalue weighted by Crippen LogP contribution is 2.26. The lowest BCUT2D eigenvalue weighted by Crippen LogP contribution is -2.39. The summed E-state index contributed by atoms with van der Waals surface area (Å²) in [5.74, 6) is -1.67. The third kappa shape index (κ3) is 2.84. The van der Waals surface area contributed by atoms with E-state index in [9.17, 15) is 24.3 Å². The van der Waals surface area contributed by atoms with E-state index in [0.717, 1.165) is 4.57 Å². The smallest absolute Gasteiger partial charge is 0.305 e. The van der Waals surface area contributed by atoms with Gasteiger partial charge in [0.1, 0.15) is 0 Å². The lowest BCUT2D eigenvalue weighted by molar-refractivity contribution is -0.137. The summed E-state index contributed by atoms with van der Waals surface area (Å²) in [5, 5.41) is 27.4. The number of pyridine rings is 1. The van der Waals surface area contributed by atoms with Gasteiger partial charge in [0.25, 0.3) is 11.1 Å². The first-order valence-electron chi connectivity index (χ1n) is 8.11. The van der Waals surface area contributed by atoms with Gasteiger partial charge < -0.3 is 10.2 Å². The molecule has 0 radical (unpaired) electrons. The van der Waals surface area contributed by atoms with E-state index in [1.54, 1.807) is 0 Å². The van der Waals surface area contributed by atoms with Crippen LogP contribution in [0.1, 0.15) is 30.6 Å². The Bertz CT molecular complexity index is 1300. The molecule has 0 atom stereocenters. The van der Waals surface area contributed by atoms with Gasteiger partial charge in [0.15, 0.2) is 5.78 Å². The molecule has 27 heavy (non-hydrogen) atoms. The van der Waals surface area contributed by atoms with Crippen molar-refractivity contribution in [3.8, 4) is 11.1 Å². The Morgan fingerprint density at radius 3 is 2.22 bits per heavy atom. The number of Topliss-reactive ketones (excluding diaryl/α,β-unsaturated/α-hetero) is 1. The maximum absolute atomic E-state index is 12.8. The Morgan fingerprint density at radius 1 is 1.04 bits per heavy atom. The second-order valence-corrected chi connectivity index (χ2v) is 6.34. The standard InChI is InChI=1S/C19H16N2O6/c1-8(22)10-5-12-16-13(6-10)18(26)21(4-3-15(24)25)19(27)14(16)7-11(9(2)23)17(12)20/h5-7,20,23H,3-4H2,1-2H3,(H,24,25)/b11-9-,20-17?. The number of aliphatic carboxylic acids is 1. The molecule has 2 aliphatic rings. The molecular formula is C19H16N2O6. The van der Waals surface area contributed by atoms with Crippen molar-refractivity contribution in [2.24, 2.45) is 0 Å². The number of carboxylic acids is 1. The number of carbonyl (C=O) groups is 2. The lowest BCUT2D eigenvalue weighted by Gasteiger charge is -2.15. The maximum atomic E-state index is 12.8. The van der Waals surface area contributed by atoms with Crippen LogP contribution in [0.4, 0.5) is 0 Å². The Labute approximate surface area is 151 Å². The predicted molar refractivity (Wildman–Crippen MR) is 97.3 cm³/mol. The van der Waals surface area contributed by atoms with E-state index >= 15 is 0 Å². The Kier molecular flexibility index (Phi) is 4.27. The first kappa shape index (κ1) is 18.2. The quantitative estimate of drug-likeness (QED) is 0.572. The third-order valence-corrected chi connectivity index (χ3v) is 4.53. The molecule has 3 rings (SSSR count). The van der Waals surface area contributed by atoms with Crippen molar-refractivity contribution in [3.05, 3.63) is 55.0 Å². The molecule has 1 aliphatic carbocycles. The largest absolute Gasteiger partial charge is 0.512 e. The maximum Gasteiger partial charge on any atom is 0.305 e. The molecular weight excluding hydrogens is 352 g/mol. The summed E-state index contributed by atoms with van der Waals surface area (Å²) < 4.78 is 0.815. The van der Waals surface area contributed by atoms with Crippen molar-refractivity contribution >= 4 is 28.3 Å². The summed E-state index contributed by atoms with van der Waals surface area (Å²) in [6, 6.07) is 4.09. The highest BCUT2D eigenvalue weighted by molar-refractivity contribution is 6.04. The fraction of sp³-hybridized carbons (Fsp3) is 0.211. The number of ketones is 1. The number of aliphatic hydroxyl groups is 1. The summed E-state index contributed by atoms with van der Waals surface area (Å²) in [4.78, 5) is 48.4. The fourth-order valence-electron chi connectivity index (χ4n) is 3.18. The predicted octanol–water partition coefficient (Wildman–Crippen LogP) is 0.466. The first-order valence-corrected chi connectivity index (χ1v) is 8.11. The van der Waals surface area contributed by atoms with Crippen molar-refractivity contribution in [2.45, 2.75) is 26.8 Å². The zero-order chi connectivity index (χ0) is 20.0. The molecule has 0 spiro atoms. The highest BCUT2D eigenvalue weighted by Gasteiger charge is 2.22. The van der Waals surface area contributed by atoms with Crippen molar-refractivity contribution < 1.29 is 19.8 Å². The number of hydrogen-bond acceptors (Lipinski definition) is 6. The molecule has 1 aromatic carbocycles. The van der Waals surface area contributed by atoms with Gasteiger partial charge in [-0.1, -0.05) is 0 Å². The monoisotopic (exact) mass is 368 g/mol. The molecule has 0 bridgehead atoms. The zero-order valence-corrected chi connectivity index (χ0v) is 14.6. The van der Waals surface area contributed by atoms with Gasteiger partial charge in [0, 0.05) is 39.2 Å². The van der Waals surface area contributed by atoms with E-state index in [0.29, 0.717) is 0 Å². The van der Waals surface area contributed by atoms with Gasteiger partial charge in [0.2, 0.25) is 0 Å². The van der Waals surface area contributed by atoms with Gasteiger partial charge in [0.05, 0.1) is 17.5 Å². The highest BCUT2D eigenvalue weighted by atomic mass is 16.4. The number of aliphatic hydroxyl groups excluding tert-OH is 1. The molecule has 0 amide bonds. The van der Waals surface area contributed by atoms with Crippen molar-refractivity contribution in [2.75, 3.05) is 0 Å². The number of carbonyl (C=O) groups excluding carboxylic acids is 1. The molecule has 1 aromatic rings. The molecule has 0 unspecified atom stereocenters. The van der Waals surface area contributed by atoms with Crippen LogP contribution in [0.25, 0.3) is 27.7 Å². The summed E-state index contributed by atoms with van der Waals surface area (Å²) >= 11 is 0. The molecule has 0 saturated heterocycles. The van der Waals surface area contributed by atoms with E-state index in [4.69, 9.17) is 10.5 Å².